The lowest BCUT2D eigenvalue weighted by atomic mass is 10.1. The monoisotopic (exact) mass is 390 g/mol. The highest BCUT2D eigenvalue weighted by atomic mass is 32.2. The minimum Gasteiger partial charge on any atom is -0.481 e. The molecule has 1 amide bonds. The summed E-state index contributed by atoms with van der Waals surface area (Å²) in [6.45, 7) is 3.62. The molecular formula is C19H22N2O5S. The van der Waals surface area contributed by atoms with Gasteiger partial charge < -0.3 is 10.4 Å². The summed E-state index contributed by atoms with van der Waals surface area (Å²) in [5, 5.41) is 11.4. The van der Waals surface area contributed by atoms with Crippen molar-refractivity contribution >= 4 is 27.6 Å². The maximum Gasteiger partial charge on any atom is 0.303 e. The van der Waals surface area contributed by atoms with Crippen molar-refractivity contribution in [1.29, 1.82) is 0 Å². The van der Waals surface area contributed by atoms with Gasteiger partial charge in [0.1, 0.15) is 0 Å². The van der Waals surface area contributed by atoms with Crippen LogP contribution in [0.3, 0.4) is 0 Å². The normalized spacial score (nSPS) is 12.2. The van der Waals surface area contributed by atoms with Crippen molar-refractivity contribution in [2.45, 2.75) is 37.6 Å². The molecule has 0 aliphatic heterocycles. The van der Waals surface area contributed by atoms with Crippen LogP contribution in [0.25, 0.3) is 0 Å². The Morgan fingerprint density at radius 1 is 1.04 bits per heavy atom. The predicted molar refractivity (Wildman–Crippen MR) is 102 cm³/mol. The van der Waals surface area contributed by atoms with E-state index in [0.717, 1.165) is 5.56 Å². The SMILES string of the molecule is Cc1ccc(NS(=O)(=O)c2ccc(C(=O)NC(C)CCC(=O)O)cc2)cc1. The van der Waals surface area contributed by atoms with Gasteiger partial charge in [-0.05, 0) is 56.7 Å². The molecule has 2 aromatic rings. The van der Waals surface area contributed by atoms with Crippen molar-refractivity contribution < 1.29 is 23.1 Å². The van der Waals surface area contributed by atoms with Gasteiger partial charge in [-0.25, -0.2) is 8.42 Å². The third-order valence-corrected chi connectivity index (χ3v) is 5.30. The lowest BCUT2D eigenvalue weighted by molar-refractivity contribution is -0.137. The Balaban J connectivity index is 2.03. The van der Waals surface area contributed by atoms with Crippen LogP contribution >= 0.6 is 0 Å². The Bertz CT molecular complexity index is 906. The zero-order valence-electron chi connectivity index (χ0n) is 15.1. The number of carboxylic acids is 1. The Labute approximate surface area is 158 Å². The smallest absolute Gasteiger partial charge is 0.303 e. The van der Waals surface area contributed by atoms with Crippen LogP contribution in [-0.2, 0) is 14.8 Å². The standard InChI is InChI=1S/C19H22N2O5S/c1-13-3-8-16(9-4-13)21-27(25,26)17-10-6-15(7-11-17)19(24)20-14(2)5-12-18(22)23/h3-4,6-11,14,21H,5,12H2,1-2H3,(H,20,24)(H,22,23). The van der Waals surface area contributed by atoms with Crippen molar-refractivity contribution in [2.24, 2.45) is 0 Å². The van der Waals surface area contributed by atoms with E-state index in [1.807, 2.05) is 6.92 Å². The minimum absolute atomic E-state index is 0.0384. The van der Waals surface area contributed by atoms with Crippen LogP contribution in [-0.4, -0.2) is 31.4 Å². The molecule has 0 aromatic heterocycles. The lowest BCUT2D eigenvalue weighted by Gasteiger charge is -2.13. The number of rotatable bonds is 8. The summed E-state index contributed by atoms with van der Waals surface area (Å²) >= 11 is 0. The van der Waals surface area contributed by atoms with Crippen molar-refractivity contribution in [3.05, 3.63) is 59.7 Å². The number of hydrogen-bond acceptors (Lipinski definition) is 4. The van der Waals surface area contributed by atoms with Gasteiger partial charge in [-0.15, -0.1) is 0 Å². The second-order valence-electron chi connectivity index (χ2n) is 6.30. The average Bonchev–Trinajstić information content (AvgIpc) is 2.62. The first-order chi connectivity index (χ1) is 12.7. The predicted octanol–water partition coefficient (Wildman–Crippen LogP) is 2.78. The van der Waals surface area contributed by atoms with E-state index in [-0.39, 0.29) is 23.3 Å². The second kappa shape index (κ2) is 8.68. The molecule has 0 heterocycles. The average molecular weight is 390 g/mol. The molecular weight excluding hydrogens is 368 g/mol. The number of amides is 1. The van der Waals surface area contributed by atoms with E-state index >= 15 is 0 Å². The molecule has 0 fully saturated rings. The van der Waals surface area contributed by atoms with E-state index in [0.29, 0.717) is 17.7 Å². The highest BCUT2D eigenvalue weighted by Crippen LogP contribution is 2.17. The van der Waals surface area contributed by atoms with Gasteiger partial charge in [0.05, 0.1) is 4.90 Å². The fraction of sp³-hybridized carbons (Fsp3) is 0.263. The van der Waals surface area contributed by atoms with Crippen molar-refractivity contribution in [1.82, 2.24) is 5.32 Å². The number of carboxylic acid groups (broad SMARTS) is 1. The number of carbonyl (C=O) groups excluding carboxylic acids is 1. The van der Waals surface area contributed by atoms with E-state index in [2.05, 4.69) is 10.0 Å². The Kier molecular flexibility index (Phi) is 6.57. The van der Waals surface area contributed by atoms with E-state index in [4.69, 9.17) is 5.11 Å². The first kappa shape index (κ1) is 20.4. The molecule has 0 saturated heterocycles. The molecule has 8 heteroatoms. The fourth-order valence-corrected chi connectivity index (χ4v) is 3.40. The number of carbonyl (C=O) groups is 2. The quantitative estimate of drug-likeness (QED) is 0.641. The molecule has 144 valence electrons. The Hall–Kier alpha value is -2.87. The summed E-state index contributed by atoms with van der Waals surface area (Å²) in [6, 6.07) is 12.2. The summed E-state index contributed by atoms with van der Waals surface area (Å²) < 4.78 is 27.3. The van der Waals surface area contributed by atoms with Crippen LogP contribution in [0.15, 0.2) is 53.4 Å². The molecule has 1 atom stereocenters. The van der Waals surface area contributed by atoms with Gasteiger partial charge in [0.25, 0.3) is 15.9 Å². The molecule has 0 aliphatic rings. The maximum atomic E-state index is 12.4. The first-order valence-corrected chi connectivity index (χ1v) is 9.88. The Morgan fingerprint density at radius 2 is 1.63 bits per heavy atom. The molecule has 1 unspecified atom stereocenters. The molecule has 0 saturated carbocycles. The first-order valence-electron chi connectivity index (χ1n) is 8.39. The molecule has 0 spiro atoms. The maximum absolute atomic E-state index is 12.4. The molecule has 0 aliphatic carbocycles. The number of benzene rings is 2. The highest BCUT2D eigenvalue weighted by Gasteiger charge is 2.16. The van der Waals surface area contributed by atoms with Crippen LogP contribution in [0.1, 0.15) is 35.7 Å². The van der Waals surface area contributed by atoms with E-state index in [1.54, 1.807) is 31.2 Å². The molecule has 2 rings (SSSR count). The summed E-state index contributed by atoms with van der Waals surface area (Å²) in [7, 11) is -3.76. The number of sulfonamides is 1. The van der Waals surface area contributed by atoms with Crippen LogP contribution < -0.4 is 10.0 Å². The summed E-state index contributed by atoms with van der Waals surface area (Å²) in [4.78, 5) is 22.8. The van der Waals surface area contributed by atoms with Gasteiger partial charge in [-0.3, -0.25) is 14.3 Å². The van der Waals surface area contributed by atoms with Crippen LogP contribution in [0.5, 0.6) is 0 Å². The number of hydrogen-bond donors (Lipinski definition) is 3. The van der Waals surface area contributed by atoms with Gasteiger partial charge >= 0.3 is 5.97 Å². The number of aryl methyl sites for hydroxylation is 1. The van der Waals surface area contributed by atoms with Crippen LogP contribution in [0.4, 0.5) is 5.69 Å². The topological polar surface area (TPSA) is 113 Å². The zero-order valence-corrected chi connectivity index (χ0v) is 15.9. The molecule has 0 radical (unpaired) electrons. The summed E-state index contributed by atoms with van der Waals surface area (Å²) in [5.41, 5.74) is 1.77. The van der Waals surface area contributed by atoms with Gasteiger partial charge in [0.2, 0.25) is 0 Å². The highest BCUT2D eigenvalue weighted by molar-refractivity contribution is 7.92. The van der Waals surface area contributed by atoms with E-state index < -0.39 is 16.0 Å². The van der Waals surface area contributed by atoms with E-state index in [1.165, 1.54) is 24.3 Å². The Morgan fingerprint density at radius 3 is 2.19 bits per heavy atom. The number of anilines is 1. The zero-order chi connectivity index (χ0) is 20.0. The van der Waals surface area contributed by atoms with Gasteiger partial charge in [0.15, 0.2) is 0 Å². The third kappa shape index (κ3) is 6.10. The van der Waals surface area contributed by atoms with E-state index in [9.17, 15) is 18.0 Å². The van der Waals surface area contributed by atoms with Crippen molar-refractivity contribution in [3.8, 4) is 0 Å². The van der Waals surface area contributed by atoms with Gasteiger partial charge in [-0.1, -0.05) is 17.7 Å². The molecule has 27 heavy (non-hydrogen) atoms. The van der Waals surface area contributed by atoms with Crippen molar-refractivity contribution in [2.75, 3.05) is 4.72 Å². The third-order valence-electron chi connectivity index (χ3n) is 3.90. The molecule has 3 N–H and O–H groups in total. The molecule has 7 nitrogen and oxygen atoms in total. The fourth-order valence-electron chi connectivity index (χ4n) is 2.34. The summed E-state index contributed by atoms with van der Waals surface area (Å²) in [5.74, 6) is -1.31. The molecule has 0 bridgehead atoms. The second-order valence-corrected chi connectivity index (χ2v) is 7.99. The lowest BCUT2D eigenvalue weighted by Crippen LogP contribution is -2.32. The van der Waals surface area contributed by atoms with Gasteiger partial charge in [-0.2, -0.15) is 0 Å². The van der Waals surface area contributed by atoms with Crippen LogP contribution in [0.2, 0.25) is 0 Å². The van der Waals surface area contributed by atoms with Gasteiger partial charge in [0, 0.05) is 23.7 Å². The molecule has 2 aromatic carbocycles. The van der Waals surface area contributed by atoms with Crippen molar-refractivity contribution in [3.63, 3.8) is 0 Å². The largest absolute Gasteiger partial charge is 0.481 e. The minimum atomic E-state index is -3.76. The number of nitrogens with one attached hydrogen (secondary N) is 2. The number of aliphatic carboxylic acids is 1. The van der Waals surface area contributed by atoms with Crippen LogP contribution in [0, 0.1) is 6.92 Å². The summed E-state index contributed by atoms with van der Waals surface area (Å²) in [6.07, 6.45) is 0.275.